The van der Waals surface area contributed by atoms with Crippen LogP contribution in [0.2, 0.25) is 0 Å². The first-order valence-corrected chi connectivity index (χ1v) is 6.40. The first-order chi connectivity index (χ1) is 9.38. The Hall–Kier alpha value is -1.56. The molecule has 0 aliphatic rings. The lowest BCUT2D eigenvalue weighted by atomic mass is 10.1. The minimum absolute atomic E-state index is 0.136. The van der Waals surface area contributed by atoms with Crippen LogP contribution in [-0.4, -0.2) is 0 Å². The van der Waals surface area contributed by atoms with E-state index >= 15 is 0 Å². The number of halogens is 5. The van der Waals surface area contributed by atoms with Crippen molar-refractivity contribution in [2.45, 2.75) is 12.8 Å². The predicted octanol–water partition coefficient (Wildman–Crippen LogP) is 5.19. The van der Waals surface area contributed by atoms with Gasteiger partial charge in [0.25, 0.3) is 0 Å². The maximum Gasteiger partial charge on any atom is 0.419 e. The predicted molar refractivity (Wildman–Crippen MR) is 69.9 cm³/mol. The lowest BCUT2D eigenvalue weighted by Gasteiger charge is -2.12. The van der Waals surface area contributed by atoms with Gasteiger partial charge in [0.15, 0.2) is 0 Å². The number of hydrogen-bond acceptors (Lipinski definition) is 1. The summed E-state index contributed by atoms with van der Waals surface area (Å²) in [5.41, 5.74) is -1.42. The van der Waals surface area contributed by atoms with Gasteiger partial charge in [-0.2, -0.15) is 13.2 Å². The third-order valence-corrected chi connectivity index (χ3v) is 3.12. The van der Waals surface area contributed by atoms with Gasteiger partial charge in [0.2, 0.25) is 0 Å². The molecular weight excluding hydrogens is 340 g/mol. The van der Waals surface area contributed by atoms with Gasteiger partial charge < -0.3 is 4.74 Å². The van der Waals surface area contributed by atoms with Gasteiger partial charge in [-0.1, -0.05) is 28.1 Å². The lowest BCUT2D eigenvalue weighted by molar-refractivity contribution is -0.140. The molecule has 0 bridgehead atoms. The lowest BCUT2D eigenvalue weighted by Crippen LogP contribution is -2.10. The van der Waals surface area contributed by atoms with Gasteiger partial charge in [-0.25, -0.2) is 4.39 Å². The van der Waals surface area contributed by atoms with Crippen LogP contribution in [0, 0.1) is 5.82 Å². The fourth-order valence-electron chi connectivity index (χ4n) is 1.60. The number of ether oxygens (including phenoxy) is 1. The molecule has 0 amide bonds. The molecule has 0 unspecified atom stereocenters. The molecule has 0 aliphatic heterocycles. The highest BCUT2D eigenvalue weighted by atomic mass is 79.9. The van der Waals surface area contributed by atoms with E-state index in [4.69, 9.17) is 4.74 Å². The number of rotatable bonds is 3. The molecule has 0 heterocycles. The Morgan fingerprint density at radius 2 is 1.65 bits per heavy atom. The van der Waals surface area contributed by atoms with Gasteiger partial charge in [0.1, 0.15) is 18.2 Å². The zero-order valence-electron chi connectivity index (χ0n) is 10.0. The van der Waals surface area contributed by atoms with Crippen LogP contribution in [0.4, 0.5) is 17.6 Å². The molecule has 2 rings (SSSR count). The van der Waals surface area contributed by atoms with E-state index in [2.05, 4.69) is 15.9 Å². The van der Waals surface area contributed by atoms with E-state index < -0.39 is 17.6 Å². The Bertz CT molecular complexity index is 593. The Labute approximate surface area is 121 Å². The van der Waals surface area contributed by atoms with Crippen LogP contribution in [0.25, 0.3) is 0 Å². The van der Waals surface area contributed by atoms with Crippen LogP contribution in [0.1, 0.15) is 11.1 Å². The Balaban J connectivity index is 2.16. The second-order valence-corrected chi connectivity index (χ2v) is 4.93. The first-order valence-electron chi connectivity index (χ1n) is 5.61. The molecule has 20 heavy (non-hydrogen) atoms. The van der Waals surface area contributed by atoms with Crippen molar-refractivity contribution in [3.05, 3.63) is 63.9 Å². The minimum atomic E-state index is -4.71. The number of benzene rings is 2. The summed E-state index contributed by atoms with van der Waals surface area (Å²) in [5, 5.41) is 0. The fraction of sp³-hybridized carbons (Fsp3) is 0.143. The summed E-state index contributed by atoms with van der Waals surface area (Å²) >= 11 is 3.24. The molecule has 0 aliphatic carbocycles. The van der Waals surface area contributed by atoms with Crippen molar-refractivity contribution in [1.29, 1.82) is 0 Å². The average Bonchev–Trinajstić information content (AvgIpc) is 2.38. The monoisotopic (exact) mass is 348 g/mol. The van der Waals surface area contributed by atoms with Crippen LogP contribution in [0.3, 0.4) is 0 Å². The topological polar surface area (TPSA) is 9.23 Å². The highest BCUT2D eigenvalue weighted by molar-refractivity contribution is 9.10. The molecule has 0 radical (unpaired) electrons. The molecule has 0 saturated heterocycles. The number of alkyl halides is 3. The second-order valence-electron chi connectivity index (χ2n) is 4.02. The normalized spacial score (nSPS) is 11.4. The van der Waals surface area contributed by atoms with E-state index in [1.165, 1.54) is 6.07 Å². The van der Waals surface area contributed by atoms with Crippen molar-refractivity contribution in [2.75, 3.05) is 0 Å². The van der Waals surface area contributed by atoms with E-state index in [-0.39, 0.29) is 12.2 Å². The molecule has 0 spiro atoms. The highest BCUT2D eigenvalue weighted by Crippen LogP contribution is 2.32. The molecule has 6 heteroatoms. The zero-order chi connectivity index (χ0) is 14.8. The van der Waals surface area contributed by atoms with Gasteiger partial charge in [-0.3, -0.25) is 0 Å². The maximum atomic E-state index is 13.7. The van der Waals surface area contributed by atoms with Crippen molar-refractivity contribution < 1.29 is 22.3 Å². The summed E-state index contributed by atoms with van der Waals surface area (Å²) in [6.07, 6.45) is -4.71. The summed E-state index contributed by atoms with van der Waals surface area (Å²) in [6, 6.07) is 9.84. The van der Waals surface area contributed by atoms with Gasteiger partial charge in [-0.05, 0) is 30.3 Å². The van der Waals surface area contributed by atoms with Crippen molar-refractivity contribution >= 4 is 15.9 Å². The van der Waals surface area contributed by atoms with Crippen molar-refractivity contribution in [2.24, 2.45) is 0 Å². The second kappa shape index (κ2) is 5.83. The number of hydrogen-bond donors (Lipinski definition) is 0. The van der Waals surface area contributed by atoms with Gasteiger partial charge >= 0.3 is 6.18 Å². The van der Waals surface area contributed by atoms with Crippen LogP contribution >= 0.6 is 15.9 Å². The molecule has 2 aromatic carbocycles. The summed E-state index contributed by atoms with van der Waals surface area (Å²) in [6.45, 7) is -0.266. The third kappa shape index (κ3) is 3.50. The highest BCUT2D eigenvalue weighted by Gasteiger charge is 2.34. The van der Waals surface area contributed by atoms with Crippen LogP contribution in [0.5, 0.6) is 5.75 Å². The quantitative estimate of drug-likeness (QED) is 0.694. The zero-order valence-corrected chi connectivity index (χ0v) is 11.6. The molecule has 0 N–H and O–H groups in total. The Morgan fingerprint density at radius 1 is 1.00 bits per heavy atom. The van der Waals surface area contributed by atoms with Crippen LogP contribution in [-0.2, 0) is 12.8 Å². The molecule has 106 valence electrons. The van der Waals surface area contributed by atoms with Crippen LogP contribution in [0.15, 0.2) is 46.9 Å². The van der Waals surface area contributed by atoms with E-state index in [1.807, 2.05) is 0 Å². The van der Waals surface area contributed by atoms with Crippen molar-refractivity contribution in [1.82, 2.24) is 0 Å². The maximum absolute atomic E-state index is 13.7. The molecule has 0 saturated carbocycles. The Morgan fingerprint density at radius 3 is 2.25 bits per heavy atom. The summed E-state index contributed by atoms with van der Waals surface area (Å²) < 4.78 is 57.5. The van der Waals surface area contributed by atoms with Gasteiger partial charge in [0, 0.05) is 10.0 Å². The Kier molecular flexibility index (Phi) is 4.32. The molecule has 0 aromatic heterocycles. The molecular formula is C14H9BrF4O. The average molecular weight is 349 g/mol. The third-order valence-electron chi connectivity index (χ3n) is 2.59. The minimum Gasteiger partial charge on any atom is -0.489 e. The smallest absolute Gasteiger partial charge is 0.419 e. The molecule has 1 nitrogen and oxygen atoms in total. The summed E-state index contributed by atoms with van der Waals surface area (Å²) in [7, 11) is 0. The van der Waals surface area contributed by atoms with E-state index in [0.717, 1.165) is 10.5 Å². The van der Waals surface area contributed by atoms with E-state index in [0.29, 0.717) is 11.8 Å². The standard InChI is InChI=1S/C14H9BrF4O/c15-10-4-6-11(7-5-10)20-8-9-2-1-3-12(13(9)16)14(17,18)19/h1-7H,8H2. The largest absolute Gasteiger partial charge is 0.489 e. The first kappa shape index (κ1) is 14.8. The van der Waals surface area contributed by atoms with Crippen molar-refractivity contribution in [3.8, 4) is 5.75 Å². The fourth-order valence-corrected chi connectivity index (χ4v) is 1.87. The van der Waals surface area contributed by atoms with Crippen molar-refractivity contribution in [3.63, 3.8) is 0 Å². The van der Waals surface area contributed by atoms with Gasteiger partial charge in [0.05, 0.1) is 5.56 Å². The summed E-state index contributed by atoms with van der Waals surface area (Å²) in [4.78, 5) is 0. The summed E-state index contributed by atoms with van der Waals surface area (Å²) in [5.74, 6) is -0.845. The van der Waals surface area contributed by atoms with E-state index in [1.54, 1.807) is 24.3 Å². The molecule has 2 aromatic rings. The molecule has 0 atom stereocenters. The molecule has 0 fully saturated rings. The van der Waals surface area contributed by atoms with E-state index in [9.17, 15) is 17.6 Å². The van der Waals surface area contributed by atoms with Crippen LogP contribution < -0.4 is 4.74 Å². The SMILES string of the molecule is Fc1c(COc2ccc(Br)cc2)cccc1C(F)(F)F. The van der Waals surface area contributed by atoms with Gasteiger partial charge in [-0.15, -0.1) is 0 Å².